The topological polar surface area (TPSA) is 56.6 Å². The van der Waals surface area contributed by atoms with Crippen LogP contribution in [0.2, 0.25) is 0 Å². The van der Waals surface area contributed by atoms with E-state index in [2.05, 4.69) is 42.2 Å². The fourth-order valence-corrected chi connectivity index (χ4v) is 3.83. The highest BCUT2D eigenvalue weighted by Crippen LogP contribution is 2.22. The van der Waals surface area contributed by atoms with Crippen molar-refractivity contribution in [1.82, 2.24) is 9.80 Å². The second kappa shape index (κ2) is 10.3. The van der Waals surface area contributed by atoms with Gasteiger partial charge < -0.3 is 9.64 Å². The number of para-hydroxylation sites is 1. The van der Waals surface area contributed by atoms with E-state index in [0.717, 1.165) is 32.6 Å². The van der Waals surface area contributed by atoms with Crippen molar-refractivity contribution in [2.75, 3.05) is 26.2 Å². The Hall–Kier alpha value is -2.84. The van der Waals surface area contributed by atoms with Gasteiger partial charge in [-0.3, -0.25) is 9.69 Å². The second-order valence-electron chi connectivity index (χ2n) is 8.27. The molecule has 1 atom stereocenters. The lowest BCUT2D eigenvalue weighted by molar-refractivity contribution is -0.140. The quantitative estimate of drug-likeness (QED) is 0.729. The molecule has 0 N–H and O–H groups in total. The zero-order valence-electron chi connectivity index (χ0n) is 18.2. The Labute approximate surface area is 179 Å². The fourth-order valence-electron chi connectivity index (χ4n) is 3.83. The van der Waals surface area contributed by atoms with E-state index in [-0.39, 0.29) is 11.8 Å². The van der Waals surface area contributed by atoms with Gasteiger partial charge in [-0.1, -0.05) is 50.2 Å². The third kappa shape index (κ3) is 5.40. The third-order valence-electron chi connectivity index (χ3n) is 5.67. The van der Waals surface area contributed by atoms with Gasteiger partial charge in [0.25, 0.3) is 5.91 Å². The summed E-state index contributed by atoms with van der Waals surface area (Å²) in [5, 5.41) is 9.33. The fraction of sp³-hybridized carbons (Fsp3) is 0.440. The zero-order valence-corrected chi connectivity index (χ0v) is 18.2. The van der Waals surface area contributed by atoms with Crippen molar-refractivity contribution in [2.24, 2.45) is 5.92 Å². The van der Waals surface area contributed by atoms with Gasteiger partial charge in [0, 0.05) is 32.7 Å². The summed E-state index contributed by atoms with van der Waals surface area (Å²) in [6.07, 6.45) is 0.347. The molecule has 0 aliphatic carbocycles. The first-order valence-corrected chi connectivity index (χ1v) is 10.7. The minimum absolute atomic E-state index is 0.00971. The molecule has 5 heteroatoms. The Morgan fingerprint density at radius 2 is 1.80 bits per heavy atom. The maximum absolute atomic E-state index is 13.3. The Morgan fingerprint density at radius 1 is 1.07 bits per heavy atom. The van der Waals surface area contributed by atoms with Gasteiger partial charge in [0.05, 0.1) is 5.56 Å². The van der Waals surface area contributed by atoms with E-state index in [4.69, 9.17) is 4.74 Å². The zero-order chi connectivity index (χ0) is 21.5. The number of amides is 1. The molecule has 30 heavy (non-hydrogen) atoms. The summed E-state index contributed by atoms with van der Waals surface area (Å²) < 4.78 is 6.06. The molecule has 1 aliphatic heterocycles. The number of nitriles is 1. The maximum Gasteiger partial charge on any atom is 0.263 e. The van der Waals surface area contributed by atoms with Crippen LogP contribution in [0.15, 0.2) is 48.5 Å². The SMILES string of the molecule is Cc1ccccc1CN1CCCN(C(=O)C(Oc2ccccc2C#N)C(C)C)CC1. The lowest BCUT2D eigenvalue weighted by atomic mass is 10.1. The summed E-state index contributed by atoms with van der Waals surface area (Å²) >= 11 is 0. The summed E-state index contributed by atoms with van der Waals surface area (Å²) in [5.41, 5.74) is 3.10. The Kier molecular flexibility index (Phi) is 7.48. The molecule has 3 rings (SSSR count). The lowest BCUT2D eigenvalue weighted by Crippen LogP contribution is -2.46. The van der Waals surface area contributed by atoms with E-state index in [1.54, 1.807) is 18.2 Å². The number of nitrogens with zero attached hydrogens (tertiary/aromatic N) is 3. The van der Waals surface area contributed by atoms with Crippen molar-refractivity contribution >= 4 is 5.91 Å². The Balaban J connectivity index is 1.66. The van der Waals surface area contributed by atoms with Crippen LogP contribution in [0.1, 0.15) is 37.0 Å². The molecule has 0 saturated carbocycles. The highest BCUT2D eigenvalue weighted by atomic mass is 16.5. The van der Waals surface area contributed by atoms with Gasteiger partial charge in [-0.15, -0.1) is 0 Å². The first-order valence-electron chi connectivity index (χ1n) is 10.7. The summed E-state index contributed by atoms with van der Waals surface area (Å²) in [5.74, 6) is 0.495. The molecule has 1 aliphatic rings. The number of hydrogen-bond acceptors (Lipinski definition) is 4. The number of carbonyl (C=O) groups excluding carboxylic acids is 1. The molecule has 5 nitrogen and oxygen atoms in total. The van der Waals surface area contributed by atoms with Gasteiger partial charge in [-0.05, 0) is 42.5 Å². The van der Waals surface area contributed by atoms with Crippen LogP contribution in [-0.4, -0.2) is 48.0 Å². The molecule has 0 radical (unpaired) electrons. The van der Waals surface area contributed by atoms with E-state index >= 15 is 0 Å². The average Bonchev–Trinajstić information content (AvgIpc) is 2.99. The molecule has 1 unspecified atom stereocenters. The van der Waals surface area contributed by atoms with Crippen LogP contribution < -0.4 is 4.74 Å². The number of aryl methyl sites for hydroxylation is 1. The minimum atomic E-state index is -0.595. The molecule has 1 amide bonds. The minimum Gasteiger partial charge on any atom is -0.479 e. The molecular formula is C25H31N3O2. The van der Waals surface area contributed by atoms with Gasteiger partial charge in [0.2, 0.25) is 0 Å². The predicted molar refractivity (Wildman–Crippen MR) is 118 cm³/mol. The van der Waals surface area contributed by atoms with E-state index in [1.165, 1.54) is 11.1 Å². The number of rotatable bonds is 6. The van der Waals surface area contributed by atoms with Crippen LogP contribution in [0.4, 0.5) is 0 Å². The summed E-state index contributed by atoms with van der Waals surface area (Å²) in [6.45, 7) is 10.3. The van der Waals surface area contributed by atoms with Crippen LogP contribution in [0, 0.1) is 24.2 Å². The Bertz CT molecular complexity index is 903. The smallest absolute Gasteiger partial charge is 0.263 e. The molecular weight excluding hydrogens is 374 g/mol. The highest BCUT2D eigenvalue weighted by molar-refractivity contribution is 5.81. The lowest BCUT2D eigenvalue weighted by Gasteiger charge is -2.29. The van der Waals surface area contributed by atoms with Gasteiger partial charge in [-0.25, -0.2) is 0 Å². The van der Waals surface area contributed by atoms with Crippen molar-refractivity contribution < 1.29 is 9.53 Å². The van der Waals surface area contributed by atoms with Crippen molar-refractivity contribution in [3.05, 3.63) is 65.2 Å². The molecule has 1 saturated heterocycles. The summed E-state index contributed by atoms with van der Waals surface area (Å²) in [7, 11) is 0. The maximum atomic E-state index is 13.3. The highest BCUT2D eigenvalue weighted by Gasteiger charge is 2.30. The molecule has 2 aromatic carbocycles. The van der Waals surface area contributed by atoms with E-state index in [9.17, 15) is 10.1 Å². The van der Waals surface area contributed by atoms with Gasteiger partial charge in [0.15, 0.2) is 6.10 Å². The first-order chi connectivity index (χ1) is 14.5. The normalized spacial score (nSPS) is 16.0. The van der Waals surface area contributed by atoms with Crippen molar-refractivity contribution in [1.29, 1.82) is 5.26 Å². The number of hydrogen-bond donors (Lipinski definition) is 0. The number of benzene rings is 2. The molecule has 1 fully saturated rings. The van der Waals surface area contributed by atoms with Crippen LogP contribution in [0.5, 0.6) is 5.75 Å². The van der Waals surface area contributed by atoms with Crippen molar-refractivity contribution in [2.45, 2.75) is 39.8 Å². The average molecular weight is 406 g/mol. The van der Waals surface area contributed by atoms with Crippen LogP contribution in [0.3, 0.4) is 0 Å². The third-order valence-corrected chi connectivity index (χ3v) is 5.67. The molecule has 0 spiro atoms. The van der Waals surface area contributed by atoms with Crippen LogP contribution >= 0.6 is 0 Å². The van der Waals surface area contributed by atoms with E-state index in [1.807, 2.05) is 24.8 Å². The van der Waals surface area contributed by atoms with Gasteiger partial charge >= 0.3 is 0 Å². The van der Waals surface area contributed by atoms with Crippen LogP contribution in [-0.2, 0) is 11.3 Å². The van der Waals surface area contributed by atoms with Crippen LogP contribution in [0.25, 0.3) is 0 Å². The predicted octanol–water partition coefficient (Wildman–Crippen LogP) is 4.00. The number of carbonyl (C=O) groups is 1. The Morgan fingerprint density at radius 3 is 2.53 bits per heavy atom. The van der Waals surface area contributed by atoms with Crippen molar-refractivity contribution in [3.63, 3.8) is 0 Å². The molecule has 0 bridgehead atoms. The standard InChI is InChI=1S/C25H31N3O2/c1-19(2)24(30-23-12-7-6-10-21(23)17-26)25(29)28-14-8-13-27(15-16-28)18-22-11-5-4-9-20(22)3/h4-7,9-12,19,24H,8,13-16,18H2,1-3H3. The summed E-state index contributed by atoms with van der Waals surface area (Å²) in [4.78, 5) is 17.7. The van der Waals surface area contributed by atoms with E-state index < -0.39 is 6.10 Å². The van der Waals surface area contributed by atoms with Gasteiger partial charge in [0.1, 0.15) is 11.8 Å². The molecule has 158 valence electrons. The first kappa shape index (κ1) is 21.9. The summed E-state index contributed by atoms with van der Waals surface area (Å²) in [6, 6.07) is 17.7. The molecule has 2 aromatic rings. The number of ether oxygens (including phenoxy) is 1. The largest absolute Gasteiger partial charge is 0.479 e. The second-order valence-corrected chi connectivity index (χ2v) is 8.27. The monoisotopic (exact) mass is 405 g/mol. The molecule has 1 heterocycles. The molecule has 0 aromatic heterocycles. The van der Waals surface area contributed by atoms with Gasteiger partial charge in [-0.2, -0.15) is 5.26 Å². The van der Waals surface area contributed by atoms with Crippen molar-refractivity contribution in [3.8, 4) is 11.8 Å². The van der Waals surface area contributed by atoms with E-state index in [0.29, 0.717) is 17.9 Å².